The van der Waals surface area contributed by atoms with Gasteiger partial charge in [0, 0.05) is 31.4 Å². The number of nitrogens with zero attached hydrogens (tertiary/aromatic N) is 4. The standard InChI is InChI=1S/C23H19F3N4O2/c1-29-20-10-17(6-7-19(20)28-22(29)14-2-3-14)30-9-8-18(11-21(30)31)32-13-16-5-4-15(12-27-16)23(24,25)26/h4-12,14H,2-3,13H2,1H3. The lowest BCUT2D eigenvalue weighted by molar-refractivity contribution is -0.137. The second kappa shape index (κ2) is 7.51. The van der Waals surface area contributed by atoms with E-state index in [1.165, 1.54) is 16.7 Å². The average molecular weight is 440 g/mol. The van der Waals surface area contributed by atoms with Crippen molar-refractivity contribution in [3.8, 4) is 11.4 Å². The summed E-state index contributed by atoms with van der Waals surface area (Å²) in [5.74, 6) is 1.91. The first kappa shape index (κ1) is 20.3. The Morgan fingerprint density at radius 3 is 2.59 bits per heavy atom. The maximum absolute atomic E-state index is 12.7. The van der Waals surface area contributed by atoms with Gasteiger partial charge in [0.15, 0.2) is 0 Å². The number of rotatable bonds is 5. The maximum Gasteiger partial charge on any atom is 0.417 e. The molecule has 0 saturated heterocycles. The highest BCUT2D eigenvalue weighted by atomic mass is 19.4. The minimum atomic E-state index is -4.44. The third-order valence-electron chi connectivity index (χ3n) is 5.55. The zero-order valence-corrected chi connectivity index (χ0v) is 17.1. The summed E-state index contributed by atoms with van der Waals surface area (Å²) in [5.41, 5.74) is 1.80. The Kier molecular flexibility index (Phi) is 4.76. The fourth-order valence-corrected chi connectivity index (χ4v) is 3.65. The number of hydrogen-bond donors (Lipinski definition) is 0. The molecule has 0 unspecified atom stereocenters. The van der Waals surface area contributed by atoms with E-state index in [4.69, 9.17) is 9.72 Å². The molecule has 0 radical (unpaired) electrons. The zero-order chi connectivity index (χ0) is 22.5. The molecule has 3 aromatic heterocycles. The molecule has 6 nitrogen and oxygen atoms in total. The van der Waals surface area contributed by atoms with Crippen LogP contribution in [0.1, 0.15) is 35.8 Å². The van der Waals surface area contributed by atoms with Crippen molar-refractivity contribution in [2.45, 2.75) is 31.5 Å². The zero-order valence-electron chi connectivity index (χ0n) is 17.1. The number of hydrogen-bond acceptors (Lipinski definition) is 4. The first-order valence-corrected chi connectivity index (χ1v) is 10.1. The van der Waals surface area contributed by atoms with E-state index in [0.717, 1.165) is 42.0 Å². The van der Waals surface area contributed by atoms with Crippen LogP contribution >= 0.6 is 0 Å². The van der Waals surface area contributed by atoms with Crippen LogP contribution in [0.25, 0.3) is 16.7 Å². The number of alkyl halides is 3. The molecule has 1 aliphatic rings. The van der Waals surface area contributed by atoms with Crippen molar-refractivity contribution in [2.24, 2.45) is 7.05 Å². The predicted octanol–water partition coefficient (Wildman–Crippen LogP) is 4.59. The van der Waals surface area contributed by atoms with Crippen molar-refractivity contribution in [3.05, 3.63) is 82.3 Å². The molecule has 9 heteroatoms. The molecule has 32 heavy (non-hydrogen) atoms. The highest BCUT2D eigenvalue weighted by Crippen LogP contribution is 2.40. The topological polar surface area (TPSA) is 61.9 Å². The summed E-state index contributed by atoms with van der Waals surface area (Å²) >= 11 is 0. The molecule has 1 fully saturated rings. The van der Waals surface area contributed by atoms with E-state index in [1.54, 1.807) is 12.3 Å². The first-order valence-electron chi connectivity index (χ1n) is 10.1. The van der Waals surface area contributed by atoms with Gasteiger partial charge in [0.25, 0.3) is 5.56 Å². The average Bonchev–Trinajstić information content (AvgIpc) is 3.56. The van der Waals surface area contributed by atoms with Crippen LogP contribution in [0.4, 0.5) is 13.2 Å². The monoisotopic (exact) mass is 440 g/mol. The molecule has 0 atom stereocenters. The van der Waals surface area contributed by atoms with Gasteiger partial charge < -0.3 is 9.30 Å². The summed E-state index contributed by atoms with van der Waals surface area (Å²) < 4.78 is 47.0. The Labute approximate surface area is 180 Å². The highest BCUT2D eigenvalue weighted by molar-refractivity contribution is 5.78. The molecular formula is C23H19F3N4O2. The quantitative estimate of drug-likeness (QED) is 0.455. The summed E-state index contributed by atoms with van der Waals surface area (Å²) in [5, 5.41) is 0. The lowest BCUT2D eigenvalue weighted by atomic mass is 10.2. The Morgan fingerprint density at radius 1 is 1.12 bits per heavy atom. The molecule has 0 N–H and O–H groups in total. The number of pyridine rings is 2. The van der Waals surface area contributed by atoms with Crippen molar-refractivity contribution in [1.29, 1.82) is 0 Å². The van der Waals surface area contributed by atoms with E-state index in [1.807, 2.05) is 25.2 Å². The number of fused-ring (bicyclic) bond motifs is 1. The van der Waals surface area contributed by atoms with Crippen LogP contribution in [0.5, 0.6) is 5.75 Å². The molecule has 1 aliphatic carbocycles. The molecule has 4 aromatic rings. The molecule has 5 rings (SSSR count). The third kappa shape index (κ3) is 3.86. The SMILES string of the molecule is Cn1c(C2CC2)nc2ccc(-n3ccc(OCc4ccc(C(F)(F)F)cn4)cc3=O)cc21. The van der Waals surface area contributed by atoms with E-state index < -0.39 is 11.7 Å². The lowest BCUT2D eigenvalue weighted by Gasteiger charge is -2.10. The number of benzene rings is 1. The first-order chi connectivity index (χ1) is 15.3. The molecule has 0 amide bonds. The van der Waals surface area contributed by atoms with Crippen molar-refractivity contribution < 1.29 is 17.9 Å². The van der Waals surface area contributed by atoms with Gasteiger partial charge >= 0.3 is 6.18 Å². The normalized spacial score (nSPS) is 14.1. The van der Waals surface area contributed by atoms with Gasteiger partial charge in [-0.3, -0.25) is 14.3 Å². The minimum absolute atomic E-state index is 0.0491. The van der Waals surface area contributed by atoms with Crippen LogP contribution in [0.3, 0.4) is 0 Å². The Bertz CT molecular complexity index is 1350. The number of aromatic nitrogens is 4. The van der Waals surface area contributed by atoms with Gasteiger partial charge in [-0.2, -0.15) is 13.2 Å². The van der Waals surface area contributed by atoms with E-state index in [9.17, 15) is 18.0 Å². The summed E-state index contributed by atoms with van der Waals surface area (Å²) in [7, 11) is 1.99. The molecule has 0 aliphatic heterocycles. The molecule has 1 saturated carbocycles. The van der Waals surface area contributed by atoms with E-state index >= 15 is 0 Å². The Balaban J connectivity index is 1.34. The summed E-state index contributed by atoms with van der Waals surface area (Å²) in [4.78, 5) is 21.1. The van der Waals surface area contributed by atoms with Crippen LogP contribution in [0.15, 0.2) is 59.7 Å². The fourth-order valence-electron chi connectivity index (χ4n) is 3.65. The van der Waals surface area contributed by atoms with Gasteiger partial charge in [0.1, 0.15) is 18.2 Å². The van der Waals surface area contributed by atoms with Gasteiger partial charge in [0.05, 0.1) is 28.0 Å². The van der Waals surface area contributed by atoms with Crippen LogP contribution < -0.4 is 10.3 Å². The van der Waals surface area contributed by atoms with Crippen molar-refractivity contribution in [3.63, 3.8) is 0 Å². The smallest absolute Gasteiger partial charge is 0.417 e. The maximum atomic E-state index is 12.7. The second-order valence-electron chi connectivity index (χ2n) is 7.87. The van der Waals surface area contributed by atoms with Crippen molar-refractivity contribution in [2.75, 3.05) is 0 Å². The highest BCUT2D eigenvalue weighted by Gasteiger charge is 2.30. The van der Waals surface area contributed by atoms with Gasteiger partial charge in [0.2, 0.25) is 0 Å². The lowest BCUT2D eigenvalue weighted by Crippen LogP contribution is -2.17. The number of halogens is 3. The number of imidazole rings is 1. The van der Waals surface area contributed by atoms with Gasteiger partial charge in [-0.25, -0.2) is 4.98 Å². The van der Waals surface area contributed by atoms with Crippen LogP contribution in [0.2, 0.25) is 0 Å². The van der Waals surface area contributed by atoms with Crippen LogP contribution in [-0.2, 0) is 19.8 Å². The Morgan fingerprint density at radius 2 is 1.94 bits per heavy atom. The number of ether oxygens (including phenoxy) is 1. The Hall–Kier alpha value is -3.62. The van der Waals surface area contributed by atoms with E-state index in [-0.39, 0.29) is 12.2 Å². The minimum Gasteiger partial charge on any atom is -0.487 e. The molecule has 1 aromatic carbocycles. The summed E-state index contributed by atoms with van der Waals surface area (Å²) in [6, 6.07) is 10.9. The van der Waals surface area contributed by atoms with Crippen LogP contribution in [0, 0.1) is 0 Å². The fraction of sp³-hybridized carbons (Fsp3) is 0.261. The summed E-state index contributed by atoms with van der Waals surface area (Å²) in [6.45, 7) is -0.0491. The molecule has 164 valence electrons. The predicted molar refractivity (Wildman–Crippen MR) is 112 cm³/mol. The van der Waals surface area contributed by atoms with Crippen molar-refractivity contribution >= 4 is 11.0 Å². The number of aryl methyl sites for hydroxylation is 1. The molecule has 3 heterocycles. The van der Waals surface area contributed by atoms with E-state index in [0.29, 0.717) is 23.0 Å². The van der Waals surface area contributed by atoms with Crippen molar-refractivity contribution in [1.82, 2.24) is 19.1 Å². The van der Waals surface area contributed by atoms with Crippen LogP contribution in [-0.4, -0.2) is 19.1 Å². The molecular weight excluding hydrogens is 421 g/mol. The van der Waals surface area contributed by atoms with E-state index in [2.05, 4.69) is 9.55 Å². The van der Waals surface area contributed by atoms with Gasteiger partial charge in [-0.1, -0.05) is 0 Å². The summed E-state index contributed by atoms with van der Waals surface area (Å²) in [6.07, 6.45) is 0.256. The third-order valence-corrected chi connectivity index (χ3v) is 5.55. The molecule has 0 spiro atoms. The largest absolute Gasteiger partial charge is 0.487 e. The second-order valence-corrected chi connectivity index (χ2v) is 7.87. The van der Waals surface area contributed by atoms with Gasteiger partial charge in [-0.15, -0.1) is 0 Å². The van der Waals surface area contributed by atoms with Gasteiger partial charge in [-0.05, 0) is 49.2 Å². The molecule has 0 bridgehead atoms.